The van der Waals surface area contributed by atoms with Gasteiger partial charge in [0, 0.05) is 5.69 Å². The van der Waals surface area contributed by atoms with Crippen molar-refractivity contribution in [1.29, 1.82) is 0 Å². The van der Waals surface area contributed by atoms with Gasteiger partial charge in [0.25, 0.3) is 5.91 Å². The first kappa shape index (κ1) is 20.9. The van der Waals surface area contributed by atoms with Gasteiger partial charge in [0.15, 0.2) is 5.11 Å². The summed E-state index contributed by atoms with van der Waals surface area (Å²) in [7, 11) is 0. The summed E-state index contributed by atoms with van der Waals surface area (Å²) < 4.78 is 5.81. The second kappa shape index (κ2) is 10.7. The molecule has 1 amide bonds. The van der Waals surface area contributed by atoms with Crippen molar-refractivity contribution in [3.63, 3.8) is 0 Å². The van der Waals surface area contributed by atoms with Gasteiger partial charge < -0.3 is 10.1 Å². The zero-order valence-electron chi connectivity index (χ0n) is 16.3. The topological polar surface area (TPSA) is 50.4 Å². The number of hydrogen-bond donors (Lipinski definition) is 2. The summed E-state index contributed by atoms with van der Waals surface area (Å²) in [5.74, 6) is 0.306. The van der Waals surface area contributed by atoms with E-state index in [0.717, 1.165) is 24.1 Å². The van der Waals surface area contributed by atoms with E-state index in [9.17, 15) is 4.79 Å². The Balaban J connectivity index is 1.94. The van der Waals surface area contributed by atoms with E-state index >= 15 is 0 Å². The van der Waals surface area contributed by atoms with Crippen molar-refractivity contribution in [2.24, 2.45) is 0 Å². The van der Waals surface area contributed by atoms with Crippen LogP contribution in [0.2, 0.25) is 0 Å². The lowest BCUT2D eigenvalue weighted by Crippen LogP contribution is -2.34. The molecule has 0 spiro atoms. The Morgan fingerprint density at radius 3 is 2.56 bits per heavy atom. The van der Waals surface area contributed by atoms with Gasteiger partial charge in [0.05, 0.1) is 12.2 Å². The van der Waals surface area contributed by atoms with Crippen LogP contribution in [0.3, 0.4) is 0 Å². The minimum absolute atomic E-state index is 0.265. The highest BCUT2D eigenvalue weighted by molar-refractivity contribution is 7.80. The van der Waals surface area contributed by atoms with Gasteiger partial charge in [-0.15, -0.1) is 0 Å². The predicted molar refractivity (Wildman–Crippen MR) is 116 cm³/mol. The first-order valence-electron chi connectivity index (χ1n) is 9.42. The summed E-state index contributed by atoms with van der Waals surface area (Å²) in [6.07, 6.45) is 4.50. The van der Waals surface area contributed by atoms with Gasteiger partial charge in [-0.3, -0.25) is 10.1 Å². The van der Waals surface area contributed by atoms with Gasteiger partial charge >= 0.3 is 0 Å². The third-order valence-electron chi connectivity index (χ3n) is 4.38. The van der Waals surface area contributed by atoms with E-state index in [2.05, 4.69) is 24.5 Å². The molecule has 2 aromatic rings. The van der Waals surface area contributed by atoms with E-state index in [4.69, 9.17) is 17.0 Å². The molecule has 144 valence electrons. The van der Waals surface area contributed by atoms with Crippen LogP contribution in [0.1, 0.15) is 54.1 Å². The van der Waals surface area contributed by atoms with Crippen LogP contribution >= 0.6 is 12.2 Å². The number of benzene rings is 2. The number of thiocarbonyl (C=S) groups is 1. The third-order valence-corrected chi connectivity index (χ3v) is 4.58. The summed E-state index contributed by atoms with van der Waals surface area (Å²) in [4.78, 5) is 12.6. The minimum Gasteiger partial charge on any atom is -0.493 e. The quantitative estimate of drug-likeness (QED) is 0.473. The molecule has 5 heteroatoms. The van der Waals surface area contributed by atoms with Crippen LogP contribution < -0.4 is 15.4 Å². The van der Waals surface area contributed by atoms with Crippen molar-refractivity contribution in [2.45, 2.75) is 46.5 Å². The number of hydrogen-bond acceptors (Lipinski definition) is 3. The monoisotopic (exact) mass is 384 g/mol. The average molecular weight is 385 g/mol. The minimum atomic E-state index is -0.277. The lowest BCUT2D eigenvalue weighted by atomic mass is 10.1. The number of aryl methyl sites for hydroxylation is 2. The maximum Gasteiger partial charge on any atom is 0.261 e. The van der Waals surface area contributed by atoms with Gasteiger partial charge in [0.2, 0.25) is 0 Å². The molecule has 0 aliphatic carbocycles. The Kier molecular flexibility index (Phi) is 8.27. The molecule has 2 rings (SSSR count). The number of carbonyl (C=O) groups is 1. The van der Waals surface area contributed by atoms with Crippen molar-refractivity contribution < 1.29 is 9.53 Å². The second-order valence-electron chi connectivity index (χ2n) is 6.61. The van der Waals surface area contributed by atoms with Crippen LogP contribution in [0, 0.1) is 13.8 Å². The van der Waals surface area contributed by atoms with Crippen molar-refractivity contribution in [3.8, 4) is 5.75 Å². The zero-order valence-corrected chi connectivity index (χ0v) is 17.1. The number of rotatable bonds is 8. The van der Waals surface area contributed by atoms with E-state index in [1.807, 2.05) is 43.3 Å². The molecule has 0 saturated heterocycles. The van der Waals surface area contributed by atoms with Crippen LogP contribution in [0.25, 0.3) is 0 Å². The van der Waals surface area contributed by atoms with E-state index in [1.54, 1.807) is 6.07 Å². The molecule has 0 radical (unpaired) electrons. The number of amides is 1. The van der Waals surface area contributed by atoms with E-state index in [-0.39, 0.29) is 11.0 Å². The molecule has 0 aliphatic rings. The normalized spacial score (nSPS) is 10.3. The SMILES string of the molecule is CCCCCCOc1ccccc1C(=O)NC(=S)Nc1ccc(C)c(C)c1. The van der Waals surface area contributed by atoms with Crippen LogP contribution in [0.4, 0.5) is 5.69 Å². The first-order chi connectivity index (χ1) is 13.0. The fourth-order valence-electron chi connectivity index (χ4n) is 2.64. The Hall–Kier alpha value is -2.40. The summed E-state index contributed by atoms with van der Waals surface area (Å²) >= 11 is 5.28. The Morgan fingerprint density at radius 1 is 1.04 bits per heavy atom. The van der Waals surface area contributed by atoms with Gasteiger partial charge in [-0.1, -0.05) is 44.4 Å². The first-order valence-corrected chi connectivity index (χ1v) is 9.83. The van der Waals surface area contributed by atoms with Crippen molar-refractivity contribution >= 4 is 28.9 Å². The predicted octanol–water partition coefficient (Wildman–Crippen LogP) is 5.39. The Morgan fingerprint density at radius 2 is 1.81 bits per heavy atom. The molecule has 0 aliphatic heterocycles. The van der Waals surface area contributed by atoms with Crippen LogP contribution in [0.15, 0.2) is 42.5 Å². The molecule has 0 saturated carbocycles. The van der Waals surface area contributed by atoms with Crippen molar-refractivity contribution in [3.05, 3.63) is 59.2 Å². The molecule has 0 heterocycles. The maximum atomic E-state index is 12.6. The molecule has 0 atom stereocenters. The number of para-hydroxylation sites is 1. The fourth-order valence-corrected chi connectivity index (χ4v) is 2.85. The van der Waals surface area contributed by atoms with Gasteiger partial charge in [-0.25, -0.2) is 0 Å². The highest BCUT2D eigenvalue weighted by atomic mass is 32.1. The summed E-state index contributed by atoms with van der Waals surface area (Å²) in [5, 5.41) is 6.05. The van der Waals surface area contributed by atoms with Crippen molar-refractivity contribution in [1.82, 2.24) is 5.32 Å². The fraction of sp³-hybridized carbons (Fsp3) is 0.364. The van der Waals surface area contributed by atoms with Crippen LogP contribution in [-0.4, -0.2) is 17.6 Å². The maximum absolute atomic E-state index is 12.6. The molecule has 0 bridgehead atoms. The van der Waals surface area contributed by atoms with E-state index in [1.165, 1.54) is 18.4 Å². The molecular weight excluding hydrogens is 356 g/mol. The second-order valence-corrected chi connectivity index (χ2v) is 7.02. The lowest BCUT2D eigenvalue weighted by molar-refractivity contribution is 0.0973. The molecule has 27 heavy (non-hydrogen) atoms. The standard InChI is InChI=1S/C22H28N2O2S/c1-4-5-6-9-14-26-20-11-8-7-10-19(20)21(25)24-22(27)23-18-13-12-16(2)17(3)15-18/h7-8,10-13,15H,4-6,9,14H2,1-3H3,(H2,23,24,25,27). The number of nitrogens with one attached hydrogen (secondary N) is 2. The largest absolute Gasteiger partial charge is 0.493 e. The molecule has 0 aromatic heterocycles. The molecular formula is C22H28N2O2S. The number of ether oxygens (including phenoxy) is 1. The summed E-state index contributed by atoms with van der Waals surface area (Å²) in [5.41, 5.74) is 3.71. The van der Waals surface area contributed by atoms with Crippen LogP contribution in [-0.2, 0) is 0 Å². The molecule has 0 unspecified atom stereocenters. The number of unbranched alkanes of at least 4 members (excludes halogenated alkanes) is 3. The van der Waals surface area contributed by atoms with Crippen LogP contribution in [0.5, 0.6) is 5.75 Å². The van der Waals surface area contributed by atoms with E-state index in [0.29, 0.717) is 17.9 Å². The highest BCUT2D eigenvalue weighted by Crippen LogP contribution is 2.19. The highest BCUT2D eigenvalue weighted by Gasteiger charge is 2.13. The molecule has 2 aromatic carbocycles. The van der Waals surface area contributed by atoms with Crippen molar-refractivity contribution in [2.75, 3.05) is 11.9 Å². The Labute approximate surface area is 167 Å². The summed E-state index contributed by atoms with van der Waals surface area (Å²) in [6.45, 7) is 6.87. The Bertz CT molecular complexity index is 790. The van der Waals surface area contributed by atoms with Gasteiger partial charge in [0.1, 0.15) is 5.75 Å². The van der Waals surface area contributed by atoms with Gasteiger partial charge in [-0.2, -0.15) is 0 Å². The number of anilines is 1. The van der Waals surface area contributed by atoms with E-state index < -0.39 is 0 Å². The summed E-state index contributed by atoms with van der Waals surface area (Å²) in [6, 6.07) is 13.2. The smallest absolute Gasteiger partial charge is 0.261 e. The number of carbonyl (C=O) groups excluding carboxylic acids is 1. The van der Waals surface area contributed by atoms with Gasteiger partial charge in [-0.05, 0) is 67.9 Å². The zero-order chi connectivity index (χ0) is 19.6. The average Bonchev–Trinajstić information content (AvgIpc) is 2.65. The molecule has 4 nitrogen and oxygen atoms in total. The molecule has 0 fully saturated rings. The third kappa shape index (κ3) is 6.68. The lowest BCUT2D eigenvalue weighted by Gasteiger charge is -2.13. The molecule has 2 N–H and O–H groups in total.